The third kappa shape index (κ3) is 1.98. The maximum Gasteiger partial charge on any atom is 0.149 e. The lowest BCUT2D eigenvalue weighted by molar-refractivity contribution is 0.660. The molecular weight excluding hydrogens is 278 g/mol. The molecule has 0 unspecified atom stereocenters. The van der Waals surface area contributed by atoms with Gasteiger partial charge in [0.2, 0.25) is 0 Å². The fourth-order valence-electron chi connectivity index (χ4n) is 2.48. The molecule has 4 rings (SSSR count). The summed E-state index contributed by atoms with van der Waals surface area (Å²) in [5.41, 5.74) is 3.65. The molecule has 4 aromatic rings. The van der Waals surface area contributed by atoms with Crippen molar-refractivity contribution in [1.82, 2.24) is 33.9 Å². The largest absolute Gasteiger partial charge is 0.284 e. The van der Waals surface area contributed by atoms with Gasteiger partial charge < -0.3 is 0 Å². The van der Waals surface area contributed by atoms with E-state index in [0.717, 1.165) is 34.8 Å². The maximum absolute atomic E-state index is 4.79. The highest BCUT2D eigenvalue weighted by Crippen LogP contribution is 2.24. The summed E-state index contributed by atoms with van der Waals surface area (Å²) in [5.74, 6) is 0.827. The third-order valence-electron chi connectivity index (χ3n) is 3.61. The topological polar surface area (TPSA) is 65.8 Å². The summed E-state index contributed by atoms with van der Waals surface area (Å²) in [5, 5.41) is 8.55. The fraction of sp³-hybridized carbons (Fsp3) is 0.200. The van der Waals surface area contributed by atoms with Gasteiger partial charge in [-0.3, -0.25) is 13.8 Å². The zero-order chi connectivity index (χ0) is 15.1. The van der Waals surface area contributed by atoms with Gasteiger partial charge in [-0.05, 0) is 6.92 Å². The second kappa shape index (κ2) is 4.80. The Bertz CT molecular complexity index is 944. The van der Waals surface area contributed by atoms with Crippen molar-refractivity contribution in [3.63, 3.8) is 0 Å². The number of aryl methyl sites for hydroxylation is 2. The van der Waals surface area contributed by atoms with Gasteiger partial charge in [-0.15, -0.1) is 0 Å². The van der Waals surface area contributed by atoms with Crippen molar-refractivity contribution in [1.29, 1.82) is 0 Å². The van der Waals surface area contributed by atoms with E-state index in [-0.39, 0.29) is 0 Å². The number of aromatic nitrogens is 7. The molecule has 4 heterocycles. The van der Waals surface area contributed by atoms with Crippen molar-refractivity contribution in [3.05, 3.63) is 43.2 Å². The van der Waals surface area contributed by atoms with Gasteiger partial charge in [0.05, 0.1) is 23.7 Å². The van der Waals surface area contributed by atoms with Crippen molar-refractivity contribution in [2.45, 2.75) is 13.5 Å². The van der Waals surface area contributed by atoms with Crippen LogP contribution in [0.1, 0.15) is 6.92 Å². The van der Waals surface area contributed by atoms with Crippen LogP contribution in [0.2, 0.25) is 0 Å². The lowest BCUT2D eigenvalue weighted by atomic mass is 10.2. The summed E-state index contributed by atoms with van der Waals surface area (Å²) in [7, 11) is 1.89. The van der Waals surface area contributed by atoms with E-state index in [1.54, 1.807) is 17.1 Å². The van der Waals surface area contributed by atoms with E-state index in [1.165, 1.54) is 0 Å². The van der Waals surface area contributed by atoms with E-state index in [0.29, 0.717) is 0 Å². The SMILES string of the molecule is CCn1cc(-c2nc(-c3cnn(C)c3)cc3nccn23)cn1. The van der Waals surface area contributed by atoms with E-state index in [4.69, 9.17) is 4.98 Å². The van der Waals surface area contributed by atoms with Gasteiger partial charge in [0.15, 0.2) is 0 Å². The van der Waals surface area contributed by atoms with Crippen LogP contribution in [0.25, 0.3) is 28.3 Å². The average molecular weight is 293 g/mol. The second-order valence-corrected chi connectivity index (χ2v) is 5.11. The molecule has 0 atom stereocenters. The molecule has 0 spiro atoms. The zero-order valence-electron chi connectivity index (χ0n) is 12.4. The summed E-state index contributed by atoms with van der Waals surface area (Å²) >= 11 is 0. The highest BCUT2D eigenvalue weighted by molar-refractivity contribution is 5.68. The van der Waals surface area contributed by atoms with Crippen molar-refractivity contribution >= 4 is 5.65 Å². The Morgan fingerprint density at radius 1 is 1.09 bits per heavy atom. The molecule has 0 amide bonds. The number of imidazole rings is 1. The minimum Gasteiger partial charge on any atom is -0.284 e. The van der Waals surface area contributed by atoms with Gasteiger partial charge in [0.1, 0.15) is 11.5 Å². The molecule has 0 N–H and O–H groups in total. The summed E-state index contributed by atoms with van der Waals surface area (Å²) in [6.45, 7) is 2.89. The van der Waals surface area contributed by atoms with Gasteiger partial charge in [0.25, 0.3) is 0 Å². The van der Waals surface area contributed by atoms with Crippen LogP contribution in [-0.4, -0.2) is 33.9 Å². The van der Waals surface area contributed by atoms with Crippen molar-refractivity contribution in [2.24, 2.45) is 7.05 Å². The van der Waals surface area contributed by atoms with E-state index >= 15 is 0 Å². The predicted molar refractivity (Wildman–Crippen MR) is 82.1 cm³/mol. The standard InChI is InChI=1S/C15H15N7/c1-3-21-10-12(8-18-21)15-19-13(11-7-17-20(2)9-11)6-14-16-4-5-22(14)15/h4-10H,3H2,1-2H3. The Kier molecular flexibility index (Phi) is 2.78. The Labute approximate surface area is 126 Å². The molecule has 0 aliphatic carbocycles. The molecule has 0 radical (unpaired) electrons. The van der Waals surface area contributed by atoms with Crippen LogP contribution in [0.4, 0.5) is 0 Å². The molecule has 0 aliphatic rings. The van der Waals surface area contributed by atoms with Crippen LogP contribution in [-0.2, 0) is 13.6 Å². The maximum atomic E-state index is 4.79. The van der Waals surface area contributed by atoms with Crippen LogP contribution in [0, 0.1) is 0 Å². The second-order valence-electron chi connectivity index (χ2n) is 5.11. The molecule has 7 nitrogen and oxygen atoms in total. The number of hydrogen-bond donors (Lipinski definition) is 0. The fourth-order valence-corrected chi connectivity index (χ4v) is 2.48. The number of hydrogen-bond acceptors (Lipinski definition) is 4. The van der Waals surface area contributed by atoms with Gasteiger partial charge in [-0.1, -0.05) is 0 Å². The molecule has 0 aliphatic heterocycles. The van der Waals surface area contributed by atoms with Gasteiger partial charge >= 0.3 is 0 Å². The lowest BCUT2D eigenvalue weighted by Crippen LogP contribution is -1.97. The van der Waals surface area contributed by atoms with Crippen LogP contribution < -0.4 is 0 Å². The van der Waals surface area contributed by atoms with Gasteiger partial charge in [-0.2, -0.15) is 10.2 Å². The number of fused-ring (bicyclic) bond motifs is 1. The average Bonchev–Trinajstić information content (AvgIpc) is 3.25. The number of nitrogens with zero attached hydrogens (tertiary/aromatic N) is 7. The quantitative estimate of drug-likeness (QED) is 0.579. The summed E-state index contributed by atoms with van der Waals surface area (Å²) in [6.07, 6.45) is 11.3. The normalized spacial score (nSPS) is 11.4. The van der Waals surface area contributed by atoms with Crippen LogP contribution in [0.3, 0.4) is 0 Å². The molecule has 110 valence electrons. The molecule has 0 saturated carbocycles. The smallest absolute Gasteiger partial charge is 0.149 e. The molecule has 4 aromatic heterocycles. The monoisotopic (exact) mass is 293 g/mol. The number of rotatable bonds is 3. The highest BCUT2D eigenvalue weighted by Gasteiger charge is 2.12. The molecular formula is C15H15N7. The minimum atomic E-state index is 0.827. The van der Waals surface area contributed by atoms with Gasteiger partial charge in [0, 0.05) is 50.0 Å². The molecule has 0 saturated heterocycles. The summed E-state index contributed by atoms with van der Waals surface area (Å²) in [4.78, 5) is 9.18. The molecule has 0 bridgehead atoms. The van der Waals surface area contributed by atoms with Crippen LogP contribution in [0.5, 0.6) is 0 Å². The lowest BCUT2D eigenvalue weighted by Gasteiger charge is -2.05. The Hall–Kier alpha value is -2.96. The van der Waals surface area contributed by atoms with Gasteiger partial charge in [-0.25, -0.2) is 9.97 Å². The van der Waals surface area contributed by atoms with Crippen molar-refractivity contribution in [3.8, 4) is 22.6 Å². The summed E-state index contributed by atoms with van der Waals surface area (Å²) < 4.78 is 5.62. The van der Waals surface area contributed by atoms with E-state index in [9.17, 15) is 0 Å². The van der Waals surface area contributed by atoms with E-state index < -0.39 is 0 Å². The van der Waals surface area contributed by atoms with E-state index in [2.05, 4.69) is 22.1 Å². The van der Waals surface area contributed by atoms with E-state index in [1.807, 2.05) is 47.0 Å². The van der Waals surface area contributed by atoms with Crippen molar-refractivity contribution < 1.29 is 0 Å². The Morgan fingerprint density at radius 2 is 1.95 bits per heavy atom. The highest BCUT2D eigenvalue weighted by atomic mass is 15.3. The van der Waals surface area contributed by atoms with Crippen LogP contribution >= 0.6 is 0 Å². The molecule has 0 fully saturated rings. The first-order chi connectivity index (χ1) is 10.7. The first kappa shape index (κ1) is 12.8. The zero-order valence-corrected chi connectivity index (χ0v) is 12.4. The van der Waals surface area contributed by atoms with Crippen molar-refractivity contribution in [2.75, 3.05) is 0 Å². The van der Waals surface area contributed by atoms with Crippen LogP contribution in [0.15, 0.2) is 43.2 Å². The third-order valence-corrected chi connectivity index (χ3v) is 3.61. The first-order valence-electron chi connectivity index (χ1n) is 7.10. The molecule has 22 heavy (non-hydrogen) atoms. The Morgan fingerprint density at radius 3 is 2.68 bits per heavy atom. The summed E-state index contributed by atoms with van der Waals surface area (Å²) in [6, 6.07) is 1.96. The predicted octanol–water partition coefficient (Wildman–Crippen LogP) is 2.01. The molecule has 7 heteroatoms. The first-order valence-corrected chi connectivity index (χ1v) is 7.10. The minimum absolute atomic E-state index is 0.827. The Balaban J connectivity index is 1.94. The molecule has 0 aromatic carbocycles.